The monoisotopic (exact) mass is 392 g/mol. The van der Waals surface area contributed by atoms with Crippen molar-refractivity contribution in [2.45, 2.75) is 39.2 Å². The lowest BCUT2D eigenvalue weighted by molar-refractivity contribution is 0.0599. The van der Waals surface area contributed by atoms with Crippen LogP contribution in [0.4, 0.5) is 0 Å². The van der Waals surface area contributed by atoms with Crippen molar-refractivity contribution >= 4 is 33.2 Å². The zero-order valence-electron chi connectivity index (χ0n) is 15.8. The van der Waals surface area contributed by atoms with E-state index in [1.54, 1.807) is 15.9 Å². The van der Waals surface area contributed by atoms with Gasteiger partial charge in [-0.2, -0.15) is 4.98 Å². The Labute approximate surface area is 166 Å². The van der Waals surface area contributed by atoms with Crippen LogP contribution in [0.3, 0.4) is 0 Å². The Morgan fingerprint density at radius 3 is 2.86 bits per heavy atom. The molecule has 4 aromatic rings. The number of aryl methyl sites for hydroxylation is 2. The number of aromatic nitrogens is 5. The highest BCUT2D eigenvalue weighted by Gasteiger charge is 2.33. The van der Waals surface area contributed by atoms with Crippen molar-refractivity contribution in [3.63, 3.8) is 0 Å². The van der Waals surface area contributed by atoms with Gasteiger partial charge in [0.2, 0.25) is 5.82 Å². The maximum Gasteiger partial charge on any atom is 0.294 e. The number of fused-ring (bicyclic) bond motifs is 2. The maximum atomic E-state index is 13.3. The van der Waals surface area contributed by atoms with Crippen molar-refractivity contribution in [1.29, 1.82) is 0 Å². The number of hydrogen-bond donors (Lipinski definition) is 0. The van der Waals surface area contributed by atoms with Crippen LogP contribution in [-0.2, 0) is 0 Å². The van der Waals surface area contributed by atoms with Crippen molar-refractivity contribution in [3.05, 3.63) is 52.6 Å². The average Bonchev–Trinajstić information content (AvgIpc) is 3.31. The van der Waals surface area contributed by atoms with E-state index in [9.17, 15) is 4.79 Å². The van der Waals surface area contributed by atoms with Crippen LogP contribution in [0.2, 0.25) is 0 Å². The van der Waals surface area contributed by atoms with Gasteiger partial charge in [-0.3, -0.25) is 4.79 Å². The van der Waals surface area contributed by atoms with Crippen LogP contribution in [0, 0.1) is 13.8 Å². The van der Waals surface area contributed by atoms with Gasteiger partial charge >= 0.3 is 0 Å². The molecule has 8 heteroatoms. The first-order valence-electron chi connectivity index (χ1n) is 9.47. The fourth-order valence-electron chi connectivity index (χ4n) is 3.85. The molecule has 0 saturated carbocycles. The molecule has 0 spiro atoms. The van der Waals surface area contributed by atoms with Gasteiger partial charge < -0.3 is 4.90 Å². The van der Waals surface area contributed by atoms with Crippen LogP contribution in [-0.4, -0.2) is 41.9 Å². The topological polar surface area (TPSA) is 76.3 Å². The summed E-state index contributed by atoms with van der Waals surface area (Å²) >= 11 is 1.67. The van der Waals surface area contributed by atoms with Crippen molar-refractivity contribution in [2.75, 3.05) is 6.54 Å². The summed E-state index contributed by atoms with van der Waals surface area (Å²) in [5, 5.41) is 5.42. The maximum absolute atomic E-state index is 13.3. The van der Waals surface area contributed by atoms with Crippen LogP contribution in [0.25, 0.3) is 16.0 Å². The molecule has 0 bridgehead atoms. The van der Waals surface area contributed by atoms with Gasteiger partial charge in [0.05, 0.1) is 16.3 Å². The minimum absolute atomic E-state index is 0.0268. The molecular formula is C20H20N6OS. The van der Waals surface area contributed by atoms with E-state index in [-0.39, 0.29) is 17.8 Å². The second kappa shape index (κ2) is 6.63. The molecule has 0 unspecified atom stereocenters. The molecule has 0 aliphatic carbocycles. The summed E-state index contributed by atoms with van der Waals surface area (Å²) in [5.41, 5.74) is 2.76. The van der Waals surface area contributed by atoms with Crippen LogP contribution in [0.1, 0.15) is 52.3 Å². The van der Waals surface area contributed by atoms with Gasteiger partial charge in [0.15, 0.2) is 0 Å². The Bertz CT molecular complexity index is 1160. The first kappa shape index (κ1) is 17.2. The molecular weight excluding hydrogens is 372 g/mol. The number of hydrogen-bond acceptors (Lipinski definition) is 6. The lowest BCUT2D eigenvalue weighted by Crippen LogP contribution is -2.39. The molecule has 1 atom stereocenters. The third-order valence-electron chi connectivity index (χ3n) is 5.17. The zero-order chi connectivity index (χ0) is 19.3. The molecule has 142 valence electrons. The van der Waals surface area contributed by atoms with Crippen LogP contribution < -0.4 is 0 Å². The van der Waals surface area contributed by atoms with Crippen molar-refractivity contribution < 1.29 is 4.79 Å². The number of likely N-dealkylation sites (tertiary alicyclic amines) is 1. The summed E-state index contributed by atoms with van der Waals surface area (Å²) in [5.74, 6) is 0.523. The number of thiazole rings is 1. The van der Waals surface area contributed by atoms with Crippen molar-refractivity contribution in [2.24, 2.45) is 0 Å². The molecule has 1 aliphatic rings. The number of carbonyl (C=O) groups is 1. The van der Waals surface area contributed by atoms with Crippen LogP contribution >= 0.6 is 11.3 Å². The second-order valence-electron chi connectivity index (χ2n) is 7.22. The second-order valence-corrected chi connectivity index (χ2v) is 8.28. The zero-order valence-corrected chi connectivity index (χ0v) is 16.6. The minimum atomic E-state index is -0.147. The SMILES string of the molecule is Cc1cc(C)n2nc(C(=O)N3CCCC[C@H]3c3nc4ccccc4s3)nc2n1. The third kappa shape index (κ3) is 2.84. The minimum Gasteiger partial charge on any atom is -0.326 e. The molecule has 1 aromatic carbocycles. The van der Waals surface area contributed by atoms with E-state index in [0.29, 0.717) is 12.3 Å². The van der Waals surface area contributed by atoms with Crippen LogP contribution in [0.5, 0.6) is 0 Å². The predicted octanol–water partition coefficient (Wildman–Crippen LogP) is 3.72. The summed E-state index contributed by atoms with van der Waals surface area (Å²) in [6.07, 6.45) is 2.98. The lowest BCUT2D eigenvalue weighted by Gasteiger charge is -2.33. The number of rotatable bonds is 2. The average molecular weight is 392 g/mol. The Morgan fingerprint density at radius 2 is 2.00 bits per heavy atom. The number of amides is 1. The normalized spacial score (nSPS) is 17.5. The number of piperidine rings is 1. The van der Waals surface area contributed by atoms with Crippen LogP contribution in [0.15, 0.2) is 30.3 Å². The number of carbonyl (C=O) groups excluding carboxylic acids is 1. The number of para-hydroxylation sites is 1. The number of nitrogens with zero attached hydrogens (tertiary/aromatic N) is 6. The standard InChI is InChI=1S/C20H20N6OS/c1-12-11-13(2)26-20(21-12)23-17(24-26)19(27)25-10-6-5-8-15(25)18-22-14-7-3-4-9-16(14)28-18/h3-4,7,9,11,15H,5-6,8,10H2,1-2H3/t15-/m0/s1. The Kier molecular flexibility index (Phi) is 4.08. The first-order chi connectivity index (χ1) is 13.6. The van der Waals surface area contributed by atoms with E-state index in [1.165, 1.54) is 0 Å². The Hall–Kier alpha value is -2.87. The summed E-state index contributed by atoms with van der Waals surface area (Å²) in [6, 6.07) is 10.0. The summed E-state index contributed by atoms with van der Waals surface area (Å²) in [7, 11) is 0. The van der Waals surface area contributed by atoms with E-state index in [1.807, 2.05) is 43.0 Å². The van der Waals surface area contributed by atoms with Gasteiger partial charge in [-0.05, 0) is 51.3 Å². The summed E-state index contributed by atoms with van der Waals surface area (Å²) in [6.45, 7) is 4.55. The smallest absolute Gasteiger partial charge is 0.294 e. The molecule has 0 radical (unpaired) electrons. The van der Waals surface area contributed by atoms with Gasteiger partial charge in [0.25, 0.3) is 11.7 Å². The third-order valence-corrected chi connectivity index (χ3v) is 6.31. The Morgan fingerprint density at radius 1 is 1.14 bits per heavy atom. The molecule has 28 heavy (non-hydrogen) atoms. The Balaban J connectivity index is 1.52. The molecule has 5 rings (SSSR count). The highest BCUT2D eigenvalue weighted by molar-refractivity contribution is 7.18. The van der Waals surface area contributed by atoms with Gasteiger partial charge in [0, 0.05) is 17.9 Å². The molecule has 7 nitrogen and oxygen atoms in total. The number of benzene rings is 1. The van der Waals surface area contributed by atoms with Crippen molar-refractivity contribution in [3.8, 4) is 0 Å². The van der Waals surface area contributed by atoms with Gasteiger partial charge in [-0.1, -0.05) is 12.1 Å². The molecule has 3 aromatic heterocycles. The first-order valence-corrected chi connectivity index (χ1v) is 10.3. The van der Waals surface area contributed by atoms with E-state index < -0.39 is 0 Å². The summed E-state index contributed by atoms with van der Waals surface area (Å²) in [4.78, 5) is 28.8. The molecule has 0 N–H and O–H groups in total. The highest BCUT2D eigenvalue weighted by atomic mass is 32.1. The predicted molar refractivity (Wildman–Crippen MR) is 108 cm³/mol. The van der Waals surface area contributed by atoms with E-state index >= 15 is 0 Å². The lowest BCUT2D eigenvalue weighted by atomic mass is 10.0. The fourth-order valence-corrected chi connectivity index (χ4v) is 4.96. The molecule has 1 amide bonds. The highest BCUT2D eigenvalue weighted by Crippen LogP contribution is 2.36. The van der Waals surface area contributed by atoms with E-state index in [0.717, 1.165) is 45.9 Å². The van der Waals surface area contributed by atoms with E-state index in [2.05, 4.69) is 21.1 Å². The fraction of sp³-hybridized carbons (Fsp3) is 0.350. The summed E-state index contributed by atoms with van der Waals surface area (Å²) < 4.78 is 2.79. The molecule has 1 saturated heterocycles. The molecule has 1 aliphatic heterocycles. The molecule has 1 fully saturated rings. The van der Waals surface area contributed by atoms with Crippen molar-refractivity contribution in [1.82, 2.24) is 29.5 Å². The largest absolute Gasteiger partial charge is 0.326 e. The van der Waals surface area contributed by atoms with Gasteiger partial charge in [0.1, 0.15) is 5.01 Å². The molecule has 4 heterocycles. The van der Waals surface area contributed by atoms with Gasteiger partial charge in [-0.15, -0.1) is 16.4 Å². The van der Waals surface area contributed by atoms with E-state index in [4.69, 9.17) is 4.98 Å². The van der Waals surface area contributed by atoms with Gasteiger partial charge in [-0.25, -0.2) is 14.5 Å². The quantitative estimate of drug-likeness (QED) is 0.520.